The van der Waals surface area contributed by atoms with Crippen LogP contribution in [0.2, 0.25) is 0 Å². The Bertz CT molecular complexity index is 805. The molecule has 3 heterocycles. The van der Waals surface area contributed by atoms with Crippen LogP contribution in [0.4, 0.5) is 0 Å². The van der Waals surface area contributed by atoms with Gasteiger partial charge in [0.1, 0.15) is 17.0 Å². The fraction of sp³-hybridized carbons (Fsp3) is 0.231. The third-order valence-corrected chi connectivity index (χ3v) is 3.19. The molecule has 7 nitrogen and oxygen atoms in total. The Balaban J connectivity index is 2.23. The molecule has 0 aliphatic rings. The highest BCUT2D eigenvalue weighted by molar-refractivity contribution is 5.60. The van der Waals surface area contributed by atoms with Crippen LogP contribution in [0.25, 0.3) is 17.0 Å². The smallest absolute Gasteiger partial charge is 0.274 e. The number of nitrogens with zero attached hydrogens (tertiary/aromatic N) is 5. The third-order valence-electron chi connectivity index (χ3n) is 3.19. The number of rotatable bonds is 3. The van der Waals surface area contributed by atoms with Gasteiger partial charge in [-0.1, -0.05) is 0 Å². The number of aromatic nitrogens is 5. The minimum absolute atomic E-state index is 0.170. The van der Waals surface area contributed by atoms with Gasteiger partial charge < -0.3 is 10.3 Å². The highest BCUT2D eigenvalue weighted by Gasteiger charge is 2.11. The van der Waals surface area contributed by atoms with Crippen LogP contribution in [0, 0.1) is 0 Å². The summed E-state index contributed by atoms with van der Waals surface area (Å²) in [7, 11) is 1.89. The molecule has 0 radical (unpaired) electrons. The molecule has 0 aliphatic heterocycles. The van der Waals surface area contributed by atoms with Crippen molar-refractivity contribution in [1.82, 2.24) is 24.1 Å². The summed E-state index contributed by atoms with van der Waals surface area (Å²) in [6, 6.07) is 3.39. The van der Waals surface area contributed by atoms with Crippen molar-refractivity contribution in [3.63, 3.8) is 0 Å². The Morgan fingerprint density at radius 3 is 2.80 bits per heavy atom. The van der Waals surface area contributed by atoms with Crippen molar-refractivity contribution in [1.29, 1.82) is 0 Å². The van der Waals surface area contributed by atoms with Gasteiger partial charge >= 0.3 is 0 Å². The molecule has 3 aromatic heterocycles. The molecule has 0 aliphatic carbocycles. The standard InChI is InChI=1S/C13H14N6O/c1-18-9(2-3-14)6-13(20)19-12(18)7-10(17-19)11-8-15-4-5-16-11/h4-8H,2-3,14H2,1H3. The Morgan fingerprint density at radius 1 is 1.25 bits per heavy atom. The summed E-state index contributed by atoms with van der Waals surface area (Å²) in [6.45, 7) is 0.495. The summed E-state index contributed by atoms with van der Waals surface area (Å²) in [5, 5.41) is 4.29. The van der Waals surface area contributed by atoms with Crippen molar-refractivity contribution in [3.05, 3.63) is 46.8 Å². The van der Waals surface area contributed by atoms with Crippen LogP contribution in [0.5, 0.6) is 0 Å². The maximum Gasteiger partial charge on any atom is 0.274 e. The first-order valence-electron chi connectivity index (χ1n) is 6.26. The molecule has 20 heavy (non-hydrogen) atoms. The van der Waals surface area contributed by atoms with E-state index >= 15 is 0 Å². The summed E-state index contributed by atoms with van der Waals surface area (Å²) in [4.78, 5) is 20.3. The minimum Gasteiger partial charge on any atom is -0.333 e. The topological polar surface area (TPSA) is 91.1 Å². The molecule has 0 fully saturated rings. The quantitative estimate of drug-likeness (QED) is 0.723. The second-order valence-corrected chi connectivity index (χ2v) is 4.46. The van der Waals surface area contributed by atoms with Crippen molar-refractivity contribution in [2.24, 2.45) is 12.8 Å². The molecule has 0 saturated heterocycles. The van der Waals surface area contributed by atoms with E-state index in [1.165, 1.54) is 4.52 Å². The molecular weight excluding hydrogens is 256 g/mol. The second-order valence-electron chi connectivity index (χ2n) is 4.46. The number of hydrogen-bond donors (Lipinski definition) is 1. The maximum absolute atomic E-state index is 12.1. The zero-order valence-electron chi connectivity index (χ0n) is 11.0. The van der Waals surface area contributed by atoms with Crippen LogP contribution in [-0.2, 0) is 13.5 Å². The number of fused-ring (bicyclic) bond motifs is 1. The van der Waals surface area contributed by atoms with E-state index in [0.717, 1.165) is 5.69 Å². The van der Waals surface area contributed by atoms with Gasteiger partial charge in [0, 0.05) is 43.7 Å². The SMILES string of the molecule is Cn1c(CCN)cc(=O)n2nc(-c3cnccn3)cc12. The normalized spacial score (nSPS) is 11.1. The fourth-order valence-electron chi connectivity index (χ4n) is 2.16. The van der Waals surface area contributed by atoms with Crippen molar-refractivity contribution < 1.29 is 0 Å². The number of aryl methyl sites for hydroxylation is 1. The van der Waals surface area contributed by atoms with E-state index in [9.17, 15) is 4.79 Å². The van der Waals surface area contributed by atoms with Gasteiger partial charge in [-0.2, -0.15) is 9.61 Å². The lowest BCUT2D eigenvalue weighted by atomic mass is 10.3. The maximum atomic E-state index is 12.1. The largest absolute Gasteiger partial charge is 0.333 e. The Morgan fingerprint density at radius 2 is 2.10 bits per heavy atom. The van der Waals surface area contributed by atoms with E-state index in [4.69, 9.17) is 5.73 Å². The van der Waals surface area contributed by atoms with E-state index in [1.54, 1.807) is 24.7 Å². The molecule has 0 amide bonds. The van der Waals surface area contributed by atoms with E-state index in [1.807, 2.05) is 17.7 Å². The lowest BCUT2D eigenvalue weighted by Gasteiger charge is -2.08. The average Bonchev–Trinajstić information content (AvgIpc) is 2.92. The van der Waals surface area contributed by atoms with Crippen molar-refractivity contribution in [2.75, 3.05) is 6.54 Å². The van der Waals surface area contributed by atoms with Gasteiger partial charge in [0.15, 0.2) is 0 Å². The summed E-state index contributed by atoms with van der Waals surface area (Å²) < 4.78 is 3.28. The molecule has 0 bridgehead atoms. The zero-order valence-corrected chi connectivity index (χ0v) is 11.0. The molecule has 102 valence electrons. The van der Waals surface area contributed by atoms with E-state index in [-0.39, 0.29) is 5.56 Å². The van der Waals surface area contributed by atoms with Crippen LogP contribution in [0.1, 0.15) is 5.69 Å². The number of nitrogens with two attached hydrogens (primary N) is 1. The molecule has 0 spiro atoms. The molecule has 3 aromatic rings. The molecular formula is C13H14N6O. The van der Waals surface area contributed by atoms with Gasteiger partial charge in [-0.05, 0) is 6.54 Å². The Labute approximate surface area is 114 Å². The van der Waals surface area contributed by atoms with Gasteiger partial charge in [-0.25, -0.2) is 0 Å². The third kappa shape index (κ3) is 1.97. The number of hydrogen-bond acceptors (Lipinski definition) is 5. The Kier molecular flexibility index (Phi) is 3.03. The van der Waals surface area contributed by atoms with Gasteiger partial charge in [0.25, 0.3) is 5.56 Å². The first-order valence-corrected chi connectivity index (χ1v) is 6.26. The van der Waals surface area contributed by atoms with Crippen LogP contribution in [0.3, 0.4) is 0 Å². The van der Waals surface area contributed by atoms with E-state index in [2.05, 4.69) is 15.1 Å². The van der Waals surface area contributed by atoms with Crippen LogP contribution < -0.4 is 11.3 Å². The average molecular weight is 270 g/mol. The predicted molar refractivity (Wildman–Crippen MR) is 74.2 cm³/mol. The van der Waals surface area contributed by atoms with Crippen molar-refractivity contribution in [2.45, 2.75) is 6.42 Å². The first-order chi connectivity index (χ1) is 9.70. The molecule has 0 aromatic carbocycles. The van der Waals surface area contributed by atoms with Gasteiger partial charge in [-0.3, -0.25) is 14.8 Å². The van der Waals surface area contributed by atoms with Crippen molar-refractivity contribution >= 4 is 5.65 Å². The predicted octanol–water partition coefficient (Wildman–Crippen LogP) is -0.00880. The zero-order chi connectivity index (χ0) is 14.1. The summed E-state index contributed by atoms with van der Waals surface area (Å²) in [5.41, 5.74) is 8.24. The fourth-order valence-corrected chi connectivity index (χ4v) is 2.16. The lowest BCUT2D eigenvalue weighted by molar-refractivity contribution is 0.757. The van der Waals surface area contributed by atoms with E-state index in [0.29, 0.717) is 30.0 Å². The van der Waals surface area contributed by atoms with Crippen molar-refractivity contribution in [3.8, 4) is 11.4 Å². The van der Waals surface area contributed by atoms with Gasteiger partial charge in [0.2, 0.25) is 0 Å². The monoisotopic (exact) mass is 270 g/mol. The molecule has 0 saturated carbocycles. The summed E-state index contributed by atoms with van der Waals surface area (Å²) in [5.74, 6) is 0. The summed E-state index contributed by atoms with van der Waals surface area (Å²) in [6.07, 6.45) is 5.45. The van der Waals surface area contributed by atoms with Gasteiger partial charge in [-0.15, -0.1) is 0 Å². The minimum atomic E-state index is -0.170. The van der Waals surface area contributed by atoms with Gasteiger partial charge in [0.05, 0.1) is 6.20 Å². The first kappa shape index (κ1) is 12.5. The molecule has 0 atom stereocenters. The Hall–Kier alpha value is -2.54. The molecule has 0 unspecified atom stereocenters. The highest BCUT2D eigenvalue weighted by Crippen LogP contribution is 2.15. The summed E-state index contributed by atoms with van der Waals surface area (Å²) >= 11 is 0. The molecule has 7 heteroatoms. The van der Waals surface area contributed by atoms with E-state index < -0.39 is 0 Å². The van der Waals surface area contributed by atoms with Crippen LogP contribution in [0.15, 0.2) is 35.5 Å². The molecule has 2 N–H and O–H groups in total. The highest BCUT2D eigenvalue weighted by atomic mass is 16.1. The van der Waals surface area contributed by atoms with Crippen LogP contribution in [-0.4, -0.2) is 30.7 Å². The second kappa shape index (κ2) is 4.86. The lowest BCUT2D eigenvalue weighted by Crippen LogP contribution is -2.21. The molecule has 3 rings (SSSR count). The van der Waals surface area contributed by atoms with Crippen LogP contribution >= 0.6 is 0 Å².